The van der Waals surface area contributed by atoms with Crippen molar-refractivity contribution >= 4 is 0 Å². The Bertz CT molecular complexity index is 1300. The lowest BCUT2D eigenvalue weighted by molar-refractivity contribution is -0.221. The summed E-state index contributed by atoms with van der Waals surface area (Å²) in [6, 6.07) is 40.1. The third kappa shape index (κ3) is 7.59. The number of ether oxygens (including phenoxy) is 3. The Morgan fingerprint density at radius 2 is 0.951 bits per heavy atom. The second kappa shape index (κ2) is 14.9. The van der Waals surface area contributed by atoms with Gasteiger partial charge in [0.05, 0.1) is 38.5 Å². The Hall–Kier alpha value is -3.58. The van der Waals surface area contributed by atoms with Crippen LogP contribution in [-0.4, -0.2) is 47.0 Å². The molecule has 0 spiro atoms. The van der Waals surface area contributed by atoms with Crippen LogP contribution in [0.3, 0.4) is 0 Å². The van der Waals surface area contributed by atoms with Crippen LogP contribution in [0.25, 0.3) is 0 Å². The molecule has 0 saturated carbocycles. The number of likely N-dealkylation sites (tertiary alicyclic amines) is 1. The van der Waals surface area contributed by atoms with Crippen LogP contribution in [0, 0.1) is 0 Å². The molecule has 1 aliphatic heterocycles. The molecule has 5 atom stereocenters. The minimum absolute atomic E-state index is 0.0900. The van der Waals surface area contributed by atoms with Crippen LogP contribution >= 0.6 is 0 Å². The van der Waals surface area contributed by atoms with E-state index in [1.54, 1.807) is 0 Å². The molecule has 1 N–H and O–H groups in total. The van der Waals surface area contributed by atoms with Gasteiger partial charge in [-0.15, -0.1) is 6.58 Å². The number of aliphatic hydroxyl groups is 1. The Kier molecular flexibility index (Phi) is 10.5. The van der Waals surface area contributed by atoms with Crippen LogP contribution < -0.4 is 0 Å². The highest BCUT2D eigenvalue weighted by Gasteiger charge is 2.50. The summed E-state index contributed by atoms with van der Waals surface area (Å²) in [5.41, 5.74) is 4.36. The Balaban J connectivity index is 1.50. The van der Waals surface area contributed by atoms with Crippen LogP contribution in [0.1, 0.15) is 22.3 Å². The summed E-state index contributed by atoms with van der Waals surface area (Å²) in [7, 11) is 0. The first-order valence-corrected chi connectivity index (χ1v) is 14.3. The van der Waals surface area contributed by atoms with E-state index in [9.17, 15) is 5.11 Å². The van der Waals surface area contributed by atoms with Crippen molar-refractivity contribution in [2.24, 2.45) is 0 Å². The van der Waals surface area contributed by atoms with E-state index in [0.29, 0.717) is 26.4 Å². The van der Waals surface area contributed by atoms with Gasteiger partial charge in [-0.05, 0) is 22.3 Å². The lowest BCUT2D eigenvalue weighted by Crippen LogP contribution is -2.68. The van der Waals surface area contributed by atoms with Crippen LogP contribution in [0.4, 0.5) is 0 Å². The summed E-state index contributed by atoms with van der Waals surface area (Å²) >= 11 is 0. The topological polar surface area (TPSA) is 51.2 Å². The molecule has 212 valence electrons. The molecule has 4 aromatic carbocycles. The standard InChI is InChI=1S/C36H39NO4/c1-2-32-34(39-25-29-17-9-4-10-18-29)36(41-27-31-21-13-6-14-22-31)35(40-26-30-19-11-5-12-20-30)33(24-38)37(32)23-28-15-7-3-8-16-28/h2-22,32-36,38H,1,23-27H2/t32-,33-,34-,35+,36+/m0/s1. The van der Waals surface area contributed by atoms with Gasteiger partial charge in [0.1, 0.15) is 18.3 Å². The third-order valence-corrected chi connectivity index (χ3v) is 7.66. The van der Waals surface area contributed by atoms with Crippen molar-refractivity contribution in [3.63, 3.8) is 0 Å². The van der Waals surface area contributed by atoms with Gasteiger partial charge in [0.15, 0.2) is 0 Å². The van der Waals surface area contributed by atoms with Gasteiger partial charge in [-0.1, -0.05) is 127 Å². The molecule has 0 unspecified atom stereocenters. The normalized spacial score (nSPS) is 22.8. The lowest BCUT2D eigenvalue weighted by Gasteiger charge is -2.52. The molecule has 4 aromatic rings. The van der Waals surface area contributed by atoms with E-state index in [1.165, 1.54) is 0 Å². The number of nitrogens with zero attached hydrogens (tertiary/aromatic N) is 1. The quantitative estimate of drug-likeness (QED) is 0.202. The molecule has 0 aliphatic carbocycles. The van der Waals surface area contributed by atoms with Gasteiger partial charge in [0, 0.05) is 6.54 Å². The molecular formula is C36H39NO4. The van der Waals surface area contributed by atoms with E-state index < -0.39 is 12.2 Å². The van der Waals surface area contributed by atoms with E-state index >= 15 is 0 Å². The van der Waals surface area contributed by atoms with Crippen molar-refractivity contribution in [3.8, 4) is 0 Å². The summed E-state index contributed by atoms with van der Waals surface area (Å²) in [6.07, 6.45) is 0.635. The van der Waals surface area contributed by atoms with E-state index in [-0.39, 0.29) is 24.8 Å². The van der Waals surface area contributed by atoms with Crippen molar-refractivity contribution in [1.29, 1.82) is 0 Å². The second-order valence-electron chi connectivity index (χ2n) is 10.4. The van der Waals surface area contributed by atoms with E-state index in [4.69, 9.17) is 14.2 Å². The molecule has 5 rings (SSSR count). The van der Waals surface area contributed by atoms with Gasteiger partial charge in [-0.25, -0.2) is 0 Å². The number of hydrogen-bond acceptors (Lipinski definition) is 5. The fourth-order valence-electron chi connectivity index (χ4n) is 5.58. The molecule has 1 aliphatic rings. The zero-order valence-corrected chi connectivity index (χ0v) is 23.4. The predicted molar refractivity (Wildman–Crippen MR) is 162 cm³/mol. The minimum Gasteiger partial charge on any atom is -0.395 e. The van der Waals surface area contributed by atoms with Crippen molar-refractivity contribution in [3.05, 3.63) is 156 Å². The molecule has 1 fully saturated rings. The fraction of sp³-hybridized carbons (Fsp3) is 0.278. The Morgan fingerprint density at radius 3 is 1.37 bits per heavy atom. The molecule has 41 heavy (non-hydrogen) atoms. The van der Waals surface area contributed by atoms with Crippen molar-refractivity contribution in [2.75, 3.05) is 6.61 Å². The second-order valence-corrected chi connectivity index (χ2v) is 10.4. The molecule has 1 saturated heterocycles. The molecule has 5 nitrogen and oxygen atoms in total. The molecule has 1 heterocycles. The minimum atomic E-state index is -0.454. The van der Waals surface area contributed by atoms with Crippen molar-refractivity contribution in [2.45, 2.75) is 56.8 Å². The number of hydrogen-bond donors (Lipinski definition) is 1. The van der Waals surface area contributed by atoms with Crippen LogP contribution in [0.5, 0.6) is 0 Å². The number of benzene rings is 4. The third-order valence-electron chi connectivity index (χ3n) is 7.66. The molecule has 5 heteroatoms. The van der Waals surface area contributed by atoms with Gasteiger partial charge in [-0.2, -0.15) is 0 Å². The first-order chi connectivity index (χ1) is 20.3. The Labute approximate surface area is 243 Å². The molecule has 0 radical (unpaired) electrons. The number of piperidine rings is 1. The number of rotatable bonds is 13. The smallest absolute Gasteiger partial charge is 0.114 e. The maximum atomic E-state index is 10.9. The van der Waals surface area contributed by atoms with Crippen LogP contribution in [0.2, 0.25) is 0 Å². The molecule has 0 amide bonds. The summed E-state index contributed by atoms with van der Waals surface area (Å²) in [5.74, 6) is 0. The van der Waals surface area contributed by atoms with Gasteiger partial charge >= 0.3 is 0 Å². The van der Waals surface area contributed by atoms with Crippen LogP contribution in [-0.2, 0) is 40.6 Å². The molecule has 0 aromatic heterocycles. The first kappa shape index (κ1) is 28.9. The monoisotopic (exact) mass is 549 g/mol. The highest BCUT2D eigenvalue weighted by molar-refractivity contribution is 5.19. The van der Waals surface area contributed by atoms with Crippen LogP contribution in [0.15, 0.2) is 134 Å². The molecular weight excluding hydrogens is 510 g/mol. The summed E-state index contributed by atoms with van der Waals surface area (Å²) in [4.78, 5) is 2.26. The van der Waals surface area contributed by atoms with Gasteiger partial charge in [0.2, 0.25) is 0 Å². The number of aliphatic hydroxyl groups excluding tert-OH is 1. The Morgan fingerprint density at radius 1 is 0.561 bits per heavy atom. The summed E-state index contributed by atoms with van der Waals surface area (Å²) in [5, 5.41) is 10.9. The first-order valence-electron chi connectivity index (χ1n) is 14.3. The zero-order valence-electron chi connectivity index (χ0n) is 23.4. The fourth-order valence-corrected chi connectivity index (χ4v) is 5.58. The summed E-state index contributed by atoms with van der Waals surface area (Å²) in [6.45, 7) is 5.98. The average molecular weight is 550 g/mol. The van der Waals surface area contributed by atoms with Gasteiger partial charge in [0.25, 0.3) is 0 Å². The highest BCUT2D eigenvalue weighted by Crippen LogP contribution is 2.34. The van der Waals surface area contributed by atoms with Crippen molar-refractivity contribution < 1.29 is 19.3 Å². The molecule has 0 bridgehead atoms. The van der Waals surface area contributed by atoms with E-state index in [2.05, 4.69) is 47.9 Å². The SMILES string of the molecule is C=C[C@H]1[C@H](OCc2ccccc2)[C@@H](OCc2ccccc2)[C@H](OCc2ccccc2)[C@H](CO)N1Cc1ccccc1. The largest absolute Gasteiger partial charge is 0.395 e. The maximum absolute atomic E-state index is 10.9. The van der Waals surface area contributed by atoms with Gasteiger partial charge < -0.3 is 19.3 Å². The van der Waals surface area contributed by atoms with E-state index in [0.717, 1.165) is 22.3 Å². The average Bonchev–Trinajstić information content (AvgIpc) is 3.04. The van der Waals surface area contributed by atoms with E-state index in [1.807, 2.05) is 91.0 Å². The maximum Gasteiger partial charge on any atom is 0.114 e. The predicted octanol–water partition coefficient (Wildman–Crippen LogP) is 6.17. The lowest BCUT2D eigenvalue weighted by atomic mass is 9.86. The van der Waals surface area contributed by atoms with Crippen molar-refractivity contribution in [1.82, 2.24) is 4.90 Å². The summed E-state index contributed by atoms with van der Waals surface area (Å²) < 4.78 is 20.1. The van der Waals surface area contributed by atoms with Gasteiger partial charge in [-0.3, -0.25) is 4.90 Å². The highest BCUT2D eigenvalue weighted by atomic mass is 16.6. The zero-order chi connectivity index (χ0) is 28.3.